The topological polar surface area (TPSA) is 86.8 Å². The van der Waals surface area contributed by atoms with E-state index in [0.29, 0.717) is 10.7 Å². The van der Waals surface area contributed by atoms with E-state index in [1.54, 1.807) is 37.3 Å². The Labute approximate surface area is 231 Å². The highest BCUT2D eigenvalue weighted by Gasteiger charge is 2.32. The summed E-state index contributed by atoms with van der Waals surface area (Å²) in [6.45, 7) is 4.92. The van der Waals surface area contributed by atoms with E-state index >= 15 is 0 Å². The van der Waals surface area contributed by atoms with E-state index < -0.39 is 28.5 Å². The van der Waals surface area contributed by atoms with Crippen LogP contribution in [0.4, 0.5) is 5.69 Å². The molecule has 3 aromatic carbocycles. The van der Waals surface area contributed by atoms with Gasteiger partial charge in [0.2, 0.25) is 11.8 Å². The van der Waals surface area contributed by atoms with Crippen LogP contribution in [0, 0.1) is 0 Å². The molecule has 0 radical (unpaired) electrons. The Hall–Kier alpha value is -2.88. The van der Waals surface area contributed by atoms with Gasteiger partial charge in [0.05, 0.1) is 10.6 Å². The number of nitrogens with one attached hydrogen (secondary N) is 1. The molecule has 1 N–H and O–H groups in total. The molecular weight excluding hydrogens is 578 g/mol. The monoisotopic (exact) mass is 605 g/mol. The van der Waals surface area contributed by atoms with E-state index in [-0.39, 0.29) is 23.4 Å². The lowest BCUT2D eigenvalue weighted by Crippen LogP contribution is -2.52. The Morgan fingerprint density at radius 2 is 1.59 bits per heavy atom. The van der Waals surface area contributed by atoms with Crippen molar-refractivity contribution in [2.45, 2.75) is 44.3 Å². The molecule has 196 valence electrons. The van der Waals surface area contributed by atoms with Gasteiger partial charge < -0.3 is 10.2 Å². The van der Waals surface area contributed by atoms with Crippen LogP contribution in [-0.4, -0.2) is 43.8 Å². The van der Waals surface area contributed by atoms with Gasteiger partial charge in [-0.05, 0) is 74.9 Å². The zero-order valence-corrected chi connectivity index (χ0v) is 23.9. The van der Waals surface area contributed by atoms with E-state index in [9.17, 15) is 18.0 Å². The summed E-state index contributed by atoms with van der Waals surface area (Å²) >= 11 is 9.40. The van der Waals surface area contributed by atoms with Crippen molar-refractivity contribution >= 4 is 55.1 Å². The van der Waals surface area contributed by atoms with Gasteiger partial charge in [-0.3, -0.25) is 13.9 Å². The van der Waals surface area contributed by atoms with Crippen LogP contribution in [0.25, 0.3) is 0 Å². The van der Waals surface area contributed by atoms with Crippen LogP contribution in [0.2, 0.25) is 5.02 Å². The van der Waals surface area contributed by atoms with Crippen LogP contribution in [0.15, 0.2) is 88.2 Å². The summed E-state index contributed by atoms with van der Waals surface area (Å²) in [7, 11) is -4.12. The zero-order chi connectivity index (χ0) is 27.2. The molecule has 0 spiro atoms. The van der Waals surface area contributed by atoms with E-state index in [0.717, 1.165) is 14.3 Å². The number of hydrogen-bond acceptors (Lipinski definition) is 4. The normalized spacial score (nSPS) is 12.2. The van der Waals surface area contributed by atoms with Gasteiger partial charge in [-0.2, -0.15) is 0 Å². The average molecular weight is 607 g/mol. The predicted octanol–water partition coefficient (Wildman–Crippen LogP) is 5.24. The third-order valence-corrected chi connectivity index (χ3v) is 8.10. The molecule has 10 heteroatoms. The van der Waals surface area contributed by atoms with Crippen LogP contribution in [0.5, 0.6) is 0 Å². The summed E-state index contributed by atoms with van der Waals surface area (Å²) in [5, 5.41) is 3.23. The minimum absolute atomic E-state index is 0.00214. The number of anilines is 1. The van der Waals surface area contributed by atoms with Crippen molar-refractivity contribution in [3.63, 3.8) is 0 Å². The van der Waals surface area contributed by atoms with Crippen LogP contribution in [-0.2, 0) is 26.2 Å². The summed E-state index contributed by atoms with van der Waals surface area (Å²) in [6.07, 6.45) is 0. The lowest BCUT2D eigenvalue weighted by atomic mass is 10.1. The number of carbonyl (C=O) groups is 2. The number of halogens is 2. The van der Waals surface area contributed by atoms with Gasteiger partial charge >= 0.3 is 0 Å². The second-order valence-corrected chi connectivity index (χ2v) is 12.0. The first-order chi connectivity index (χ1) is 17.5. The van der Waals surface area contributed by atoms with Gasteiger partial charge in [-0.1, -0.05) is 57.9 Å². The maximum atomic E-state index is 13.8. The number of sulfonamides is 1. The smallest absolute Gasteiger partial charge is 0.264 e. The van der Waals surface area contributed by atoms with E-state index in [4.69, 9.17) is 11.6 Å². The van der Waals surface area contributed by atoms with Gasteiger partial charge in [0.15, 0.2) is 0 Å². The second kappa shape index (κ2) is 12.6. The minimum atomic E-state index is -4.12. The molecule has 0 heterocycles. The van der Waals surface area contributed by atoms with Crippen molar-refractivity contribution in [1.82, 2.24) is 10.2 Å². The molecular formula is C27H29BrClN3O4S. The summed E-state index contributed by atoms with van der Waals surface area (Å²) in [4.78, 5) is 28.1. The molecule has 1 unspecified atom stereocenters. The molecule has 1 atom stereocenters. The Bertz CT molecular complexity index is 1340. The molecule has 0 saturated carbocycles. The number of carbonyl (C=O) groups excluding carboxylic acids is 2. The Morgan fingerprint density at radius 1 is 0.946 bits per heavy atom. The van der Waals surface area contributed by atoms with E-state index in [2.05, 4.69) is 21.2 Å². The molecule has 0 fully saturated rings. The Balaban J connectivity index is 2.00. The van der Waals surface area contributed by atoms with Gasteiger partial charge in [0.1, 0.15) is 12.6 Å². The quantitative estimate of drug-likeness (QED) is 0.342. The fourth-order valence-corrected chi connectivity index (χ4v) is 5.66. The van der Waals surface area contributed by atoms with E-state index in [1.165, 1.54) is 29.2 Å². The Kier molecular flexibility index (Phi) is 9.75. The largest absolute Gasteiger partial charge is 0.352 e. The molecule has 7 nitrogen and oxygen atoms in total. The van der Waals surface area contributed by atoms with Crippen molar-refractivity contribution in [2.24, 2.45) is 0 Å². The minimum Gasteiger partial charge on any atom is -0.352 e. The van der Waals surface area contributed by atoms with E-state index in [1.807, 2.05) is 38.1 Å². The molecule has 0 saturated heterocycles. The molecule has 0 aromatic heterocycles. The van der Waals surface area contributed by atoms with Crippen molar-refractivity contribution in [3.8, 4) is 0 Å². The van der Waals surface area contributed by atoms with Gasteiger partial charge in [-0.15, -0.1) is 0 Å². The lowest BCUT2D eigenvalue weighted by Gasteiger charge is -2.32. The third kappa shape index (κ3) is 7.56. The number of amides is 2. The number of hydrogen-bond donors (Lipinski definition) is 1. The summed E-state index contributed by atoms with van der Waals surface area (Å²) in [6, 6.07) is 20.6. The number of benzene rings is 3. The first-order valence-corrected chi connectivity index (χ1v) is 14.3. The third-order valence-electron chi connectivity index (χ3n) is 5.56. The molecule has 0 aliphatic rings. The van der Waals surface area contributed by atoms with Crippen molar-refractivity contribution in [2.75, 3.05) is 10.8 Å². The first kappa shape index (κ1) is 28.7. The number of rotatable bonds is 10. The Morgan fingerprint density at radius 3 is 2.19 bits per heavy atom. The standard InChI is InChI=1S/C27H29BrClN3O4S/c1-19(2)30-27(34)20(3)31(17-21-8-7-9-22(28)16-21)26(33)18-32(24-10-5-4-6-11-24)37(35,36)25-14-12-23(29)13-15-25/h4-16,19-20H,17-18H2,1-3H3,(H,30,34). The highest BCUT2D eigenvalue weighted by molar-refractivity contribution is 9.10. The first-order valence-electron chi connectivity index (χ1n) is 11.7. The number of para-hydroxylation sites is 1. The van der Waals surface area contributed by atoms with Crippen molar-refractivity contribution < 1.29 is 18.0 Å². The van der Waals surface area contributed by atoms with Crippen LogP contribution >= 0.6 is 27.5 Å². The van der Waals surface area contributed by atoms with Crippen LogP contribution in [0.1, 0.15) is 26.3 Å². The van der Waals surface area contributed by atoms with Crippen molar-refractivity contribution in [1.29, 1.82) is 0 Å². The molecule has 0 bridgehead atoms. The van der Waals surface area contributed by atoms with Gasteiger partial charge in [0, 0.05) is 22.1 Å². The maximum absolute atomic E-state index is 13.8. The SMILES string of the molecule is CC(C)NC(=O)C(C)N(Cc1cccc(Br)c1)C(=O)CN(c1ccccc1)S(=O)(=O)c1ccc(Cl)cc1. The fourth-order valence-electron chi connectivity index (χ4n) is 3.68. The summed E-state index contributed by atoms with van der Waals surface area (Å²) in [5.41, 5.74) is 1.12. The van der Waals surface area contributed by atoms with Crippen molar-refractivity contribution in [3.05, 3.63) is 93.9 Å². The highest BCUT2D eigenvalue weighted by atomic mass is 79.9. The van der Waals surface area contributed by atoms with Gasteiger partial charge in [-0.25, -0.2) is 8.42 Å². The molecule has 0 aliphatic heterocycles. The second-order valence-electron chi connectivity index (χ2n) is 8.79. The molecule has 2 amide bonds. The summed E-state index contributed by atoms with van der Waals surface area (Å²) < 4.78 is 29.2. The predicted molar refractivity (Wildman–Crippen MR) is 150 cm³/mol. The molecule has 37 heavy (non-hydrogen) atoms. The number of nitrogens with zero attached hydrogens (tertiary/aromatic N) is 2. The van der Waals surface area contributed by atoms with Crippen LogP contribution < -0.4 is 9.62 Å². The molecule has 0 aliphatic carbocycles. The maximum Gasteiger partial charge on any atom is 0.264 e. The lowest BCUT2D eigenvalue weighted by molar-refractivity contribution is -0.139. The summed E-state index contributed by atoms with van der Waals surface area (Å²) in [5.74, 6) is -0.849. The highest BCUT2D eigenvalue weighted by Crippen LogP contribution is 2.25. The van der Waals surface area contributed by atoms with Gasteiger partial charge in [0.25, 0.3) is 10.0 Å². The average Bonchev–Trinajstić information content (AvgIpc) is 2.85. The zero-order valence-electron chi connectivity index (χ0n) is 20.8. The molecule has 3 rings (SSSR count). The van der Waals surface area contributed by atoms with Crippen LogP contribution in [0.3, 0.4) is 0 Å². The fraction of sp³-hybridized carbons (Fsp3) is 0.259. The molecule has 3 aromatic rings.